The first-order valence-electron chi connectivity index (χ1n) is 9.34. The first kappa shape index (κ1) is 18.5. The molecule has 1 aliphatic heterocycles. The van der Waals surface area contributed by atoms with Crippen molar-refractivity contribution in [3.05, 3.63) is 53.5 Å². The Kier molecular flexibility index (Phi) is 6.34. The number of methoxy groups -OCH3 is 1. The standard InChI is InChI=1S/C21H28N2O3/c1-22-21(24)20-11-10-19(26-20)15-23-12-4-6-17(14-23)9-8-16-5-3-7-18(13-16)25-2/h3,5,7,10-11,13,17H,4,6,8-9,12,14-15H2,1-2H3,(H,22,24)/t17-/m0/s1. The number of aryl methyl sites for hydroxylation is 1. The second-order valence-corrected chi connectivity index (χ2v) is 6.98. The smallest absolute Gasteiger partial charge is 0.286 e. The molecule has 3 rings (SSSR count). The number of amides is 1. The van der Waals surface area contributed by atoms with Crippen LogP contribution in [0.5, 0.6) is 5.75 Å². The van der Waals surface area contributed by atoms with E-state index in [9.17, 15) is 4.79 Å². The van der Waals surface area contributed by atoms with E-state index in [0.717, 1.165) is 37.6 Å². The van der Waals surface area contributed by atoms with Gasteiger partial charge in [-0.2, -0.15) is 0 Å². The summed E-state index contributed by atoms with van der Waals surface area (Å²) in [7, 11) is 3.32. The molecule has 1 saturated heterocycles. The van der Waals surface area contributed by atoms with Gasteiger partial charge < -0.3 is 14.5 Å². The maximum absolute atomic E-state index is 11.6. The van der Waals surface area contributed by atoms with Crippen molar-refractivity contribution in [2.75, 3.05) is 27.2 Å². The summed E-state index contributed by atoms with van der Waals surface area (Å²) in [6, 6.07) is 12.0. The summed E-state index contributed by atoms with van der Waals surface area (Å²) in [6.07, 6.45) is 4.76. The van der Waals surface area contributed by atoms with E-state index in [4.69, 9.17) is 9.15 Å². The molecule has 1 aromatic carbocycles. The molecule has 0 unspecified atom stereocenters. The fourth-order valence-electron chi connectivity index (χ4n) is 3.66. The molecular weight excluding hydrogens is 328 g/mol. The monoisotopic (exact) mass is 356 g/mol. The van der Waals surface area contributed by atoms with Crippen LogP contribution in [0.4, 0.5) is 0 Å². The van der Waals surface area contributed by atoms with Gasteiger partial charge in [0, 0.05) is 13.6 Å². The highest BCUT2D eigenvalue weighted by Gasteiger charge is 2.21. The summed E-state index contributed by atoms with van der Waals surface area (Å²) in [6.45, 7) is 2.94. The van der Waals surface area contributed by atoms with E-state index in [-0.39, 0.29) is 5.91 Å². The van der Waals surface area contributed by atoms with Crippen LogP contribution < -0.4 is 10.1 Å². The highest BCUT2D eigenvalue weighted by Crippen LogP contribution is 2.24. The van der Waals surface area contributed by atoms with Crippen molar-refractivity contribution < 1.29 is 13.9 Å². The summed E-state index contributed by atoms with van der Waals surface area (Å²) in [5.41, 5.74) is 1.34. The summed E-state index contributed by atoms with van der Waals surface area (Å²) in [4.78, 5) is 14.0. The number of likely N-dealkylation sites (tertiary alicyclic amines) is 1. The lowest BCUT2D eigenvalue weighted by molar-refractivity contribution is 0.0929. The lowest BCUT2D eigenvalue weighted by Crippen LogP contribution is -2.35. The molecule has 1 aromatic heterocycles. The van der Waals surface area contributed by atoms with Crippen molar-refractivity contribution in [1.82, 2.24) is 10.2 Å². The Morgan fingerprint density at radius 2 is 2.23 bits per heavy atom. The minimum absolute atomic E-state index is 0.175. The number of nitrogens with one attached hydrogen (secondary N) is 1. The Morgan fingerprint density at radius 1 is 1.35 bits per heavy atom. The van der Waals surface area contributed by atoms with Crippen molar-refractivity contribution in [1.29, 1.82) is 0 Å². The maximum Gasteiger partial charge on any atom is 0.286 e. The molecule has 26 heavy (non-hydrogen) atoms. The van der Waals surface area contributed by atoms with Gasteiger partial charge in [0.1, 0.15) is 11.5 Å². The number of benzene rings is 1. The van der Waals surface area contributed by atoms with Crippen molar-refractivity contribution in [2.24, 2.45) is 5.92 Å². The number of piperidine rings is 1. The van der Waals surface area contributed by atoms with Gasteiger partial charge in [-0.1, -0.05) is 12.1 Å². The topological polar surface area (TPSA) is 54.7 Å². The second-order valence-electron chi connectivity index (χ2n) is 6.98. The third-order valence-corrected chi connectivity index (χ3v) is 5.07. The van der Waals surface area contributed by atoms with Crippen LogP contribution >= 0.6 is 0 Å². The Hall–Kier alpha value is -2.27. The van der Waals surface area contributed by atoms with E-state index in [1.165, 1.54) is 24.8 Å². The van der Waals surface area contributed by atoms with E-state index < -0.39 is 0 Å². The average Bonchev–Trinajstić information content (AvgIpc) is 3.14. The van der Waals surface area contributed by atoms with Gasteiger partial charge in [-0.05, 0) is 68.0 Å². The fourth-order valence-corrected chi connectivity index (χ4v) is 3.66. The Bertz CT molecular complexity index is 726. The normalized spacial score (nSPS) is 17.8. The third-order valence-electron chi connectivity index (χ3n) is 5.07. The van der Waals surface area contributed by atoms with Crippen molar-refractivity contribution in [3.63, 3.8) is 0 Å². The molecule has 1 amide bonds. The Morgan fingerprint density at radius 3 is 3.04 bits per heavy atom. The molecule has 5 nitrogen and oxygen atoms in total. The van der Waals surface area contributed by atoms with E-state index in [2.05, 4.69) is 28.4 Å². The zero-order valence-electron chi connectivity index (χ0n) is 15.7. The van der Waals surface area contributed by atoms with Gasteiger partial charge in [0.15, 0.2) is 5.76 Å². The molecule has 0 bridgehead atoms. The molecular formula is C21H28N2O3. The minimum Gasteiger partial charge on any atom is -0.497 e. The molecule has 1 atom stereocenters. The van der Waals surface area contributed by atoms with Crippen molar-refractivity contribution in [2.45, 2.75) is 32.2 Å². The van der Waals surface area contributed by atoms with Crippen LogP contribution in [0.15, 0.2) is 40.8 Å². The van der Waals surface area contributed by atoms with E-state index in [0.29, 0.717) is 11.7 Å². The molecule has 1 fully saturated rings. The Balaban J connectivity index is 1.50. The predicted molar refractivity (Wildman–Crippen MR) is 101 cm³/mol. The number of ether oxygens (including phenoxy) is 1. The quantitative estimate of drug-likeness (QED) is 0.825. The lowest BCUT2D eigenvalue weighted by Gasteiger charge is -2.32. The van der Waals surface area contributed by atoms with Crippen LogP contribution in [0, 0.1) is 5.92 Å². The van der Waals surface area contributed by atoms with Gasteiger partial charge >= 0.3 is 0 Å². The van der Waals surface area contributed by atoms with E-state index in [1.54, 1.807) is 20.2 Å². The van der Waals surface area contributed by atoms with Crippen LogP contribution in [0.1, 0.15) is 41.1 Å². The number of furan rings is 1. The lowest BCUT2D eigenvalue weighted by atomic mass is 9.91. The molecule has 0 spiro atoms. The second kappa shape index (κ2) is 8.90. The highest BCUT2D eigenvalue weighted by atomic mass is 16.5. The molecule has 1 N–H and O–H groups in total. The minimum atomic E-state index is -0.175. The summed E-state index contributed by atoms with van der Waals surface area (Å²) in [5.74, 6) is 2.69. The maximum atomic E-state index is 11.6. The van der Waals surface area contributed by atoms with Crippen LogP contribution in [-0.2, 0) is 13.0 Å². The molecule has 2 aromatic rings. The molecule has 0 aliphatic carbocycles. The molecule has 140 valence electrons. The number of rotatable bonds is 7. The van der Waals surface area contributed by atoms with Crippen molar-refractivity contribution in [3.8, 4) is 5.75 Å². The zero-order chi connectivity index (χ0) is 18.4. The third kappa shape index (κ3) is 4.88. The van der Waals surface area contributed by atoms with Crippen LogP contribution in [0.25, 0.3) is 0 Å². The predicted octanol–water partition coefficient (Wildman–Crippen LogP) is 3.49. The molecule has 1 aliphatic rings. The van der Waals surface area contributed by atoms with Gasteiger partial charge in [0.25, 0.3) is 5.91 Å². The van der Waals surface area contributed by atoms with Gasteiger partial charge in [-0.15, -0.1) is 0 Å². The molecule has 2 heterocycles. The van der Waals surface area contributed by atoms with Gasteiger partial charge in [-0.25, -0.2) is 0 Å². The molecule has 5 heteroatoms. The summed E-state index contributed by atoms with van der Waals surface area (Å²) < 4.78 is 11.0. The van der Waals surface area contributed by atoms with Crippen LogP contribution in [0.3, 0.4) is 0 Å². The van der Waals surface area contributed by atoms with Gasteiger partial charge in [-0.3, -0.25) is 9.69 Å². The highest BCUT2D eigenvalue weighted by molar-refractivity contribution is 5.91. The van der Waals surface area contributed by atoms with E-state index in [1.807, 2.05) is 12.1 Å². The Labute approximate surface area is 155 Å². The largest absolute Gasteiger partial charge is 0.497 e. The SMILES string of the molecule is CNC(=O)c1ccc(CN2CCC[C@@H](CCc3cccc(OC)c3)C2)o1. The number of carbonyl (C=O) groups excluding carboxylic acids is 1. The molecule has 0 radical (unpaired) electrons. The van der Waals surface area contributed by atoms with Crippen LogP contribution in [0.2, 0.25) is 0 Å². The first-order chi connectivity index (χ1) is 12.7. The zero-order valence-corrected chi connectivity index (χ0v) is 15.7. The summed E-state index contributed by atoms with van der Waals surface area (Å²) in [5, 5.41) is 2.59. The van der Waals surface area contributed by atoms with Crippen molar-refractivity contribution >= 4 is 5.91 Å². The number of hydrogen-bond acceptors (Lipinski definition) is 4. The number of hydrogen-bond donors (Lipinski definition) is 1. The van der Waals surface area contributed by atoms with Crippen LogP contribution in [-0.4, -0.2) is 38.1 Å². The number of carbonyl (C=O) groups is 1. The molecule has 0 saturated carbocycles. The van der Waals surface area contributed by atoms with Gasteiger partial charge in [0.05, 0.1) is 13.7 Å². The summed E-state index contributed by atoms with van der Waals surface area (Å²) >= 11 is 0. The first-order valence-corrected chi connectivity index (χ1v) is 9.34. The average molecular weight is 356 g/mol. The van der Waals surface area contributed by atoms with E-state index >= 15 is 0 Å². The fraction of sp³-hybridized carbons (Fsp3) is 0.476. The van der Waals surface area contributed by atoms with Gasteiger partial charge in [0.2, 0.25) is 0 Å². The number of nitrogens with zero attached hydrogens (tertiary/aromatic N) is 1.